The molecule has 1 saturated carbocycles. The van der Waals surface area contributed by atoms with Gasteiger partial charge in [-0.1, -0.05) is 44.7 Å². The smallest absolute Gasteiger partial charge is 0.314 e. The van der Waals surface area contributed by atoms with Crippen molar-refractivity contribution in [2.75, 3.05) is 7.11 Å². The Kier molecular flexibility index (Phi) is 4.82. The molecule has 0 amide bonds. The summed E-state index contributed by atoms with van der Waals surface area (Å²) >= 11 is 6.39. The van der Waals surface area contributed by atoms with Gasteiger partial charge in [-0.05, 0) is 36.5 Å². The van der Waals surface area contributed by atoms with Crippen molar-refractivity contribution in [1.82, 2.24) is 0 Å². The number of aliphatic carboxylic acids is 1. The van der Waals surface area contributed by atoms with E-state index in [-0.39, 0.29) is 5.92 Å². The molecule has 0 spiro atoms. The SMILES string of the molecule is COc1cc(C(C)C)c(Cl)cc1C1(C(=O)O)CCCCC1. The summed E-state index contributed by atoms with van der Waals surface area (Å²) in [6, 6.07) is 3.72. The molecule has 4 heteroatoms. The Balaban J connectivity index is 2.60. The quantitative estimate of drug-likeness (QED) is 0.872. The van der Waals surface area contributed by atoms with Crippen molar-refractivity contribution in [1.29, 1.82) is 0 Å². The molecule has 0 radical (unpaired) electrons. The zero-order valence-corrected chi connectivity index (χ0v) is 13.7. The standard InChI is InChI=1S/C17H23ClO3/c1-11(2)12-9-15(21-3)13(10-14(12)18)17(16(19)20)7-5-4-6-8-17/h9-11H,4-8H2,1-3H3,(H,19,20). The predicted molar refractivity (Wildman–Crippen MR) is 84.5 cm³/mol. The van der Waals surface area contributed by atoms with E-state index in [9.17, 15) is 9.90 Å². The summed E-state index contributed by atoms with van der Waals surface area (Å²) in [5.74, 6) is 0.147. The molecule has 21 heavy (non-hydrogen) atoms. The Hall–Kier alpha value is -1.22. The molecule has 1 fully saturated rings. The molecule has 0 atom stereocenters. The average Bonchev–Trinajstić information content (AvgIpc) is 2.47. The van der Waals surface area contributed by atoms with E-state index in [4.69, 9.17) is 16.3 Å². The molecule has 1 aromatic rings. The van der Waals surface area contributed by atoms with Crippen molar-refractivity contribution >= 4 is 17.6 Å². The van der Waals surface area contributed by atoms with Crippen LogP contribution in [-0.4, -0.2) is 18.2 Å². The summed E-state index contributed by atoms with van der Waals surface area (Å²) < 4.78 is 5.50. The highest BCUT2D eigenvalue weighted by Gasteiger charge is 2.43. The van der Waals surface area contributed by atoms with Crippen LogP contribution < -0.4 is 4.74 Å². The average molecular weight is 311 g/mol. The maximum atomic E-state index is 12.0. The largest absolute Gasteiger partial charge is 0.496 e. The van der Waals surface area contributed by atoms with Crippen molar-refractivity contribution in [3.8, 4) is 5.75 Å². The first-order valence-electron chi connectivity index (χ1n) is 7.53. The maximum absolute atomic E-state index is 12.0. The van der Waals surface area contributed by atoms with Gasteiger partial charge in [-0.15, -0.1) is 0 Å². The van der Waals surface area contributed by atoms with Crippen LogP contribution in [-0.2, 0) is 10.2 Å². The zero-order chi connectivity index (χ0) is 15.6. The number of ether oxygens (including phenoxy) is 1. The van der Waals surface area contributed by atoms with E-state index >= 15 is 0 Å². The summed E-state index contributed by atoms with van der Waals surface area (Å²) in [5.41, 5.74) is 0.864. The van der Waals surface area contributed by atoms with Gasteiger partial charge in [0.15, 0.2) is 0 Å². The Morgan fingerprint density at radius 2 is 1.90 bits per heavy atom. The fourth-order valence-corrected chi connectivity index (χ4v) is 3.69. The van der Waals surface area contributed by atoms with Gasteiger partial charge >= 0.3 is 5.97 Å². The molecule has 3 nitrogen and oxygen atoms in total. The van der Waals surface area contributed by atoms with E-state index in [1.54, 1.807) is 7.11 Å². The van der Waals surface area contributed by atoms with Crippen LogP contribution in [0.1, 0.15) is 63.0 Å². The lowest BCUT2D eigenvalue weighted by atomic mass is 9.69. The minimum atomic E-state index is -0.858. The second kappa shape index (κ2) is 6.27. The van der Waals surface area contributed by atoms with Crippen LogP contribution >= 0.6 is 11.6 Å². The Morgan fingerprint density at radius 1 is 1.29 bits per heavy atom. The number of methoxy groups -OCH3 is 1. The van der Waals surface area contributed by atoms with Gasteiger partial charge in [0.25, 0.3) is 0 Å². The molecule has 1 N–H and O–H groups in total. The van der Waals surface area contributed by atoms with E-state index in [0.717, 1.165) is 30.4 Å². The molecule has 0 aliphatic heterocycles. The summed E-state index contributed by atoms with van der Waals surface area (Å²) in [6.45, 7) is 4.13. The summed E-state index contributed by atoms with van der Waals surface area (Å²) in [7, 11) is 1.59. The minimum absolute atomic E-state index is 0.271. The molecule has 1 aliphatic carbocycles. The highest BCUT2D eigenvalue weighted by Crippen LogP contribution is 2.46. The summed E-state index contributed by atoms with van der Waals surface area (Å²) in [5, 5.41) is 10.5. The first-order chi connectivity index (χ1) is 9.92. The zero-order valence-electron chi connectivity index (χ0n) is 12.9. The van der Waals surface area contributed by atoms with Crippen LogP contribution in [0.4, 0.5) is 0 Å². The van der Waals surface area contributed by atoms with Crippen molar-refractivity contribution < 1.29 is 14.6 Å². The third-order valence-electron chi connectivity index (χ3n) is 4.57. The van der Waals surface area contributed by atoms with E-state index in [1.165, 1.54) is 0 Å². The minimum Gasteiger partial charge on any atom is -0.496 e. The molecule has 0 bridgehead atoms. The van der Waals surface area contributed by atoms with Crippen molar-refractivity contribution in [3.05, 3.63) is 28.3 Å². The lowest BCUT2D eigenvalue weighted by molar-refractivity contribution is -0.145. The number of carbonyl (C=O) groups is 1. The predicted octanol–water partition coefficient (Wildman–Crippen LogP) is 4.76. The van der Waals surface area contributed by atoms with Crippen LogP contribution in [0, 0.1) is 0 Å². The van der Waals surface area contributed by atoms with Crippen molar-refractivity contribution in [2.45, 2.75) is 57.3 Å². The molecule has 0 heterocycles. The van der Waals surface area contributed by atoms with Crippen LogP contribution in [0.3, 0.4) is 0 Å². The van der Waals surface area contributed by atoms with Crippen LogP contribution in [0.5, 0.6) is 5.75 Å². The fourth-order valence-electron chi connectivity index (χ4n) is 3.31. The van der Waals surface area contributed by atoms with Gasteiger partial charge in [0.2, 0.25) is 0 Å². The maximum Gasteiger partial charge on any atom is 0.314 e. The summed E-state index contributed by atoms with van der Waals surface area (Å²) in [6.07, 6.45) is 4.25. The van der Waals surface area contributed by atoms with Gasteiger partial charge in [0, 0.05) is 10.6 Å². The molecule has 1 aromatic carbocycles. The van der Waals surface area contributed by atoms with Crippen molar-refractivity contribution in [3.63, 3.8) is 0 Å². The van der Waals surface area contributed by atoms with Crippen molar-refractivity contribution in [2.24, 2.45) is 0 Å². The number of carboxylic acids is 1. The van der Waals surface area contributed by atoms with Crippen LogP contribution in [0.2, 0.25) is 5.02 Å². The number of benzene rings is 1. The van der Waals surface area contributed by atoms with Crippen LogP contribution in [0.25, 0.3) is 0 Å². The second-order valence-corrected chi connectivity index (χ2v) is 6.58. The first-order valence-corrected chi connectivity index (χ1v) is 7.91. The van der Waals surface area contributed by atoms with Gasteiger partial charge < -0.3 is 9.84 Å². The summed E-state index contributed by atoms with van der Waals surface area (Å²) in [4.78, 5) is 12.0. The van der Waals surface area contributed by atoms with E-state index < -0.39 is 11.4 Å². The van der Waals surface area contributed by atoms with Crippen LogP contribution in [0.15, 0.2) is 12.1 Å². The number of carboxylic acid groups (broad SMARTS) is 1. The van der Waals surface area contributed by atoms with Gasteiger partial charge in [-0.2, -0.15) is 0 Å². The third kappa shape index (κ3) is 2.89. The number of rotatable bonds is 4. The van der Waals surface area contributed by atoms with E-state index in [2.05, 4.69) is 13.8 Å². The number of hydrogen-bond acceptors (Lipinski definition) is 2. The second-order valence-electron chi connectivity index (χ2n) is 6.18. The number of halogens is 1. The first kappa shape index (κ1) is 16.2. The third-order valence-corrected chi connectivity index (χ3v) is 4.90. The lowest BCUT2D eigenvalue weighted by Crippen LogP contribution is -2.38. The molecule has 2 rings (SSSR count). The monoisotopic (exact) mass is 310 g/mol. The molecule has 0 unspecified atom stereocenters. The highest BCUT2D eigenvalue weighted by atomic mass is 35.5. The molecule has 1 aliphatic rings. The molecule has 0 aromatic heterocycles. The number of hydrogen-bond donors (Lipinski definition) is 1. The Labute approximate surface area is 131 Å². The van der Waals surface area contributed by atoms with E-state index in [0.29, 0.717) is 23.6 Å². The van der Waals surface area contributed by atoms with Gasteiger partial charge in [0.1, 0.15) is 5.75 Å². The highest BCUT2D eigenvalue weighted by molar-refractivity contribution is 6.31. The Bertz CT molecular complexity index is 531. The fraction of sp³-hybridized carbons (Fsp3) is 0.588. The van der Waals surface area contributed by atoms with Gasteiger partial charge in [0.05, 0.1) is 12.5 Å². The topological polar surface area (TPSA) is 46.5 Å². The lowest BCUT2D eigenvalue weighted by Gasteiger charge is -2.35. The molecule has 0 saturated heterocycles. The molecule has 116 valence electrons. The van der Waals surface area contributed by atoms with Gasteiger partial charge in [-0.3, -0.25) is 4.79 Å². The Morgan fingerprint density at radius 3 is 2.38 bits per heavy atom. The van der Waals surface area contributed by atoms with E-state index in [1.807, 2.05) is 12.1 Å². The molecular formula is C17H23ClO3. The normalized spacial score (nSPS) is 17.8. The van der Waals surface area contributed by atoms with Gasteiger partial charge in [-0.25, -0.2) is 0 Å². The molecular weight excluding hydrogens is 288 g/mol.